The van der Waals surface area contributed by atoms with Crippen LogP contribution in [0.15, 0.2) is 23.3 Å². The second-order valence-electron chi connectivity index (χ2n) is 18.3. The van der Waals surface area contributed by atoms with Gasteiger partial charge in [-0.3, -0.25) is 9.11 Å². The van der Waals surface area contributed by atoms with Gasteiger partial charge in [0.05, 0.1) is 0 Å². The topological polar surface area (TPSA) is 32.3 Å². The molecule has 1 saturated heterocycles. The minimum atomic E-state index is -0.572. The van der Waals surface area contributed by atoms with Gasteiger partial charge in [0.25, 0.3) is 0 Å². The second kappa shape index (κ2) is 11.0. The van der Waals surface area contributed by atoms with Crippen molar-refractivity contribution in [3.8, 4) is 0 Å². The molecule has 44 heavy (non-hydrogen) atoms. The van der Waals surface area contributed by atoms with Crippen LogP contribution in [0, 0.1) is 58.2 Å². The molecule has 0 radical (unpaired) electrons. The number of hydrogen-bond acceptors (Lipinski definition) is 3. The Balaban J connectivity index is 0.966. The van der Waals surface area contributed by atoms with Crippen LogP contribution in [0.2, 0.25) is 0 Å². The SMILES string of the molecule is CCN(CCNC12CCC[C@@H]1C1CC[C@@H]3C4(C)CC=C(C5=CC[C@@H](C)CC5)C(C)C4CCC3(C)C1CC2)C12CC1CS(=O)C2. The number of fused-ring (bicyclic) bond motifs is 8. The molecule has 4 heteroatoms. The second-order valence-corrected chi connectivity index (χ2v) is 19.8. The highest BCUT2D eigenvalue weighted by atomic mass is 32.2. The number of hydrogen-bond donors (Lipinski definition) is 1. The molecular weight excluding hydrogens is 557 g/mol. The molecule has 1 aliphatic heterocycles. The summed E-state index contributed by atoms with van der Waals surface area (Å²) in [6.45, 7) is 16.3. The number of nitrogens with zero attached hydrogens (tertiary/aromatic N) is 1. The highest BCUT2D eigenvalue weighted by molar-refractivity contribution is 7.85. The molecule has 8 rings (SSSR count). The molecule has 13 atom stereocenters. The minimum Gasteiger partial charge on any atom is -0.310 e. The van der Waals surface area contributed by atoms with Crippen molar-refractivity contribution >= 4 is 10.8 Å². The molecule has 0 spiro atoms. The van der Waals surface area contributed by atoms with Crippen LogP contribution in [0.4, 0.5) is 0 Å². The van der Waals surface area contributed by atoms with Gasteiger partial charge in [-0.1, -0.05) is 53.2 Å². The first kappa shape index (κ1) is 30.9. The normalized spacial score (nSPS) is 52.7. The Labute approximate surface area is 272 Å². The Morgan fingerprint density at radius 2 is 1.80 bits per heavy atom. The van der Waals surface area contributed by atoms with E-state index in [2.05, 4.69) is 57.0 Å². The fourth-order valence-corrected chi connectivity index (χ4v) is 16.4. The molecule has 0 amide bonds. The van der Waals surface area contributed by atoms with Crippen molar-refractivity contribution in [3.05, 3.63) is 23.3 Å². The molecule has 0 bridgehead atoms. The zero-order valence-electron chi connectivity index (χ0n) is 29.0. The zero-order valence-corrected chi connectivity index (χ0v) is 29.8. The Hall–Kier alpha value is -0.450. The summed E-state index contributed by atoms with van der Waals surface area (Å²) in [5.74, 6) is 8.78. The summed E-state index contributed by atoms with van der Waals surface area (Å²) in [6, 6.07) is 0. The van der Waals surface area contributed by atoms with Gasteiger partial charge in [-0.2, -0.15) is 0 Å². The van der Waals surface area contributed by atoms with Crippen LogP contribution >= 0.6 is 0 Å². The van der Waals surface area contributed by atoms with Crippen LogP contribution in [-0.2, 0) is 10.8 Å². The van der Waals surface area contributed by atoms with Crippen LogP contribution in [0.5, 0.6) is 0 Å². The lowest BCUT2D eigenvalue weighted by Gasteiger charge is -2.67. The predicted molar refractivity (Wildman–Crippen MR) is 185 cm³/mol. The molecule has 10 unspecified atom stereocenters. The Morgan fingerprint density at radius 1 is 0.955 bits per heavy atom. The van der Waals surface area contributed by atoms with Gasteiger partial charge in [0.2, 0.25) is 0 Å². The average molecular weight is 621 g/mol. The highest BCUT2D eigenvalue weighted by Gasteiger charge is 2.65. The van der Waals surface area contributed by atoms with E-state index in [4.69, 9.17) is 0 Å². The molecule has 1 N–H and O–H groups in total. The van der Waals surface area contributed by atoms with Crippen LogP contribution in [0.3, 0.4) is 0 Å². The standard InChI is InChI=1S/C40H64N2OS/c1-6-42(40-24-30(40)25-44(43)26-40)23-22-41-39-18-7-8-35(39)32-13-14-36-37(4)19-15-31(29-11-9-27(2)10-12-29)28(3)33(37)16-20-38(36,5)34(32)17-21-39/h11,15,27-28,30,32-36,41H,6-10,12-14,16-26H2,1-5H3/t27-,28?,30?,32?,33?,34?,35-,36-,37?,38?,39?,40?,44?/m1/s1. The third-order valence-electron chi connectivity index (χ3n) is 16.6. The van der Waals surface area contributed by atoms with Gasteiger partial charge in [-0.15, -0.1) is 0 Å². The first-order valence-corrected chi connectivity index (χ1v) is 20.9. The van der Waals surface area contributed by atoms with E-state index in [1.807, 2.05) is 0 Å². The Kier molecular flexibility index (Phi) is 7.75. The zero-order chi connectivity index (χ0) is 30.5. The van der Waals surface area contributed by atoms with Crippen LogP contribution < -0.4 is 5.32 Å². The van der Waals surface area contributed by atoms with E-state index in [9.17, 15) is 4.21 Å². The van der Waals surface area contributed by atoms with Gasteiger partial charge < -0.3 is 5.32 Å². The molecule has 1 heterocycles. The van der Waals surface area contributed by atoms with Crippen molar-refractivity contribution in [2.75, 3.05) is 31.1 Å². The quantitative estimate of drug-likeness (QED) is 0.310. The lowest BCUT2D eigenvalue weighted by molar-refractivity contribution is -0.166. The van der Waals surface area contributed by atoms with E-state index in [0.717, 1.165) is 72.6 Å². The van der Waals surface area contributed by atoms with Gasteiger partial charge in [0, 0.05) is 46.5 Å². The Morgan fingerprint density at radius 3 is 2.55 bits per heavy atom. The molecule has 0 aromatic heterocycles. The number of nitrogens with one attached hydrogen (secondary N) is 1. The van der Waals surface area contributed by atoms with Gasteiger partial charge in [-0.05, 0) is 159 Å². The first-order chi connectivity index (χ1) is 21.1. The van der Waals surface area contributed by atoms with Gasteiger partial charge in [-0.25, -0.2) is 0 Å². The smallest absolute Gasteiger partial charge is 0.0423 e. The maximum Gasteiger partial charge on any atom is 0.0423 e. The third-order valence-corrected chi connectivity index (χ3v) is 18.2. The van der Waals surface area contributed by atoms with Crippen LogP contribution in [0.25, 0.3) is 0 Å². The molecular formula is C40H64N2OS. The van der Waals surface area contributed by atoms with Crippen LogP contribution in [-0.4, -0.2) is 51.3 Å². The third kappa shape index (κ3) is 4.55. The first-order valence-electron chi connectivity index (χ1n) is 19.4. The summed E-state index contributed by atoms with van der Waals surface area (Å²) < 4.78 is 12.3. The predicted octanol–water partition coefficient (Wildman–Crippen LogP) is 8.53. The maximum absolute atomic E-state index is 12.3. The van der Waals surface area contributed by atoms with E-state index in [1.165, 1.54) is 89.9 Å². The number of rotatable bonds is 7. The minimum absolute atomic E-state index is 0.298. The van der Waals surface area contributed by atoms with E-state index in [-0.39, 0.29) is 0 Å². The van der Waals surface area contributed by atoms with E-state index in [1.54, 1.807) is 11.1 Å². The number of likely N-dealkylation sites (N-methyl/N-ethyl adjacent to an activating group) is 1. The Bertz CT molecular complexity index is 1230. The van der Waals surface area contributed by atoms with E-state index >= 15 is 0 Å². The summed E-state index contributed by atoms with van der Waals surface area (Å²) in [5, 5.41) is 4.32. The molecule has 0 aromatic rings. The summed E-state index contributed by atoms with van der Waals surface area (Å²) >= 11 is 0. The van der Waals surface area contributed by atoms with Crippen molar-refractivity contribution in [2.24, 2.45) is 58.2 Å². The van der Waals surface area contributed by atoms with Gasteiger partial charge in [0.15, 0.2) is 0 Å². The molecule has 0 aromatic carbocycles. The lowest BCUT2D eigenvalue weighted by Crippen LogP contribution is -2.63. The molecule has 5 saturated carbocycles. The summed E-state index contributed by atoms with van der Waals surface area (Å²) in [6.07, 6.45) is 25.1. The van der Waals surface area contributed by atoms with Crippen molar-refractivity contribution in [3.63, 3.8) is 0 Å². The van der Waals surface area contributed by atoms with Crippen LogP contribution in [0.1, 0.15) is 125 Å². The van der Waals surface area contributed by atoms with E-state index < -0.39 is 10.8 Å². The van der Waals surface area contributed by atoms with Crippen molar-refractivity contribution in [1.82, 2.24) is 10.2 Å². The molecule has 8 aliphatic rings. The van der Waals surface area contributed by atoms with Crippen molar-refractivity contribution in [1.29, 1.82) is 0 Å². The van der Waals surface area contributed by atoms with Crippen molar-refractivity contribution in [2.45, 2.75) is 136 Å². The lowest BCUT2D eigenvalue weighted by atomic mass is 9.38. The van der Waals surface area contributed by atoms with E-state index in [0.29, 0.717) is 27.8 Å². The monoisotopic (exact) mass is 620 g/mol. The largest absolute Gasteiger partial charge is 0.310 e. The summed E-state index contributed by atoms with van der Waals surface area (Å²) in [5.41, 5.74) is 5.20. The average Bonchev–Trinajstić information content (AvgIpc) is 3.33. The molecule has 6 fully saturated rings. The highest BCUT2D eigenvalue weighted by Crippen LogP contribution is 2.70. The maximum atomic E-state index is 12.3. The molecule has 3 nitrogen and oxygen atoms in total. The number of allylic oxidation sites excluding steroid dienone is 4. The fraction of sp³-hybridized carbons (Fsp3) is 0.900. The fourth-order valence-electron chi connectivity index (χ4n) is 14.3. The van der Waals surface area contributed by atoms with Gasteiger partial charge >= 0.3 is 0 Å². The summed E-state index contributed by atoms with van der Waals surface area (Å²) in [7, 11) is -0.572. The molecule has 246 valence electrons. The van der Waals surface area contributed by atoms with Gasteiger partial charge in [0.1, 0.15) is 0 Å². The summed E-state index contributed by atoms with van der Waals surface area (Å²) in [4.78, 5) is 2.73. The van der Waals surface area contributed by atoms with Crippen molar-refractivity contribution < 1.29 is 4.21 Å². The molecule has 7 aliphatic carbocycles.